The van der Waals surface area contributed by atoms with E-state index in [9.17, 15) is 14.4 Å². The number of esters is 3. The number of ether oxygens (including phenoxy) is 3. The molecule has 0 heterocycles. The Bertz CT molecular complexity index is 1060. The summed E-state index contributed by atoms with van der Waals surface area (Å²) in [6.45, 7) is 6.66. The summed E-state index contributed by atoms with van der Waals surface area (Å²) in [6, 6.07) is 0. The van der Waals surface area contributed by atoms with Crippen LogP contribution in [0.4, 0.5) is 0 Å². The quantitative estimate of drug-likeness (QED) is 0.0343. The molecule has 0 aromatic rings. The summed E-state index contributed by atoms with van der Waals surface area (Å²) < 4.78 is 16.8. The van der Waals surface area contributed by atoms with Gasteiger partial charge >= 0.3 is 17.9 Å². The predicted molar refractivity (Wildman–Crippen MR) is 307 cm³/mol. The van der Waals surface area contributed by atoms with Crippen LogP contribution in [0.15, 0.2) is 0 Å². The van der Waals surface area contributed by atoms with Gasteiger partial charge in [-0.1, -0.05) is 342 Å². The van der Waals surface area contributed by atoms with Crippen molar-refractivity contribution in [2.75, 3.05) is 13.2 Å². The zero-order chi connectivity index (χ0) is 51.4. The summed E-state index contributed by atoms with van der Waals surface area (Å²) in [5.74, 6) is -0.842. The zero-order valence-electron chi connectivity index (χ0n) is 48.5. The van der Waals surface area contributed by atoms with E-state index in [1.165, 1.54) is 283 Å². The summed E-state index contributed by atoms with van der Waals surface area (Å²) in [6.07, 6.45) is 70.3. The lowest BCUT2D eigenvalue weighted by atomic mass is 10.0. The largest absolute Gasteiger partial charge is 0.462 e. The Hall–Kier alpha value is -1.59. The number of rotatable bonds is 61. The van der Waals surface area contributed by atoms with Gasteiger partial charge in [-0.2, -0.15) is 0 Å². The standard InChI is InChI=1S/C65H126O6/c1-4-7-10-13-16-18-20-22-23-24-25-26-27-28-29-30-31-32-33-34-35-36-37-38-39-40-41-43-44-46-49-52-55-58-64(67)70-61-62(60-69-63(66)57-54-51-48-15-12-9-6-3)71-65(68)59-56-53-50-47-45-42-21-19-17-14-11-8-5-2/h62H,4-61H2,1-3H3. The van der Waals surface area contributed by atoms with Crippen LogP contribution in [0, 0.1) is 0 Å². The molecule has 6 nitrogen and oxygen atoms in total. The molecule has 1 atom stereocenters. The molecule has 422 valence electrons. The maximum Gasteiger partial charge on any atom is 0.306 e. The molecule has 0 saturated carbocycles. The molecule has 0 saturated heterocycles. The average molecular weight is 1000 g/mol. The van der Waals surface area contributed by atoms with Crippen molar-refractivity contribution in [1.82, 2.24) is 0 Å². The van der Waals surface area contributed by atoms with Crippen LogP contribution < -0.4 is 0 Å². The van der Waals surface area contributed by atoms with E-state index in [1.54, 1.807) is 0 Å². The summed E-state index contributed by atoms with van der Waals surface area (Å²) in [7, 11) is 0. The Kier molecular flexibility index (Phi) is 59.6. The topological polar surface area (TPSA) is 78.9 Å². The molecule has 0 fully saturated rings. The number of hydrogen-bond acceptors (Lipinski definition) is 6. The normalized spacial score (nSPS) is 11.9. The van der Waals surface area contributed by atoms with Gasteiger partial charge in [0.15, 0.2) is 6.10 Å². The molecule has 0 N–H and O–H groups in total. The summed E-state index contributed by atoms with van der Waals surface area (Å²) in [5, 5.41) is 0. The van der Waals surface area contributed by atoms with Crippen molar-refractivity contribution in [3.63, 3.8) is 0 Å². The molecule has 0 rings (SSSR count). The molecule has 1 unspecified atom stereocenters. The number of carbonyl (C=O) groups is 3. The first kappa shape index (κ1) is 69.4. The van der Waals surface area contributed by atoms with Gasteiger partial charge in [-0.05, 0) is 19.3 Å². The minimum Gasteiger partial charge on any atom is -0.462 e. The van der Waals surface area contributed by atoms with Crippen LogP contribution in [0.2, 0.25) is 0 Å². The third-order valence-electron chi connectivity index (χ3n) is 15.1. The molecule has 0 aliphatic carbocycles. The fourth-order valence-corrected chi connectivity index (χ4v) is 10.2. The highest BCUT2D eigenvalue weighted by Gasteiger charge is 2.19. The highest BCUT2D eigenvalue weighted by molar-refractivity contribution is 5.71. The van der Waals surface area contributed by atoms with Crippen molar-refractivity contribution in [1.29, 1.82) is 0 Å². The first-order valence-corrected chi connectivity index (χ1v) is 32.5. The number of hydrogen-bond donors (Lipinski definition) is 0. The smallest absolute Gasteiger partial charge is 0.306 e. The SMILES string of the molecule is CCCCCCCCCCCCCCCCCCCCCCCCCCCCCCCCCCCC(=O)OCC(COC(=O)CCCCCCCCC)OC(=O)CCCCCCCCCCCCCCC. The van der Waals surface area contributed by atoms with Crippen LogP contribution in [0.3, 0.4) is 0 Å². The third kappa shape index (κ3) is 59.2. The molecule has 0 aromatic heterocycles. The lowest BCUT2D eigenvalue weighted by Crippen LogP contribution is -2.30. The monoisotopic (exact) mass is 1000 g/mol. The van der Waals surface area contributed by atoms with E-state index in [0.717, 1.165) is 57.8 Å². The van der Waals surface area contributed by atoms with Crippen LogP contribution in [0.25, 0.3) is 0 Å². The molecule has 6 heteroatoms. The summed E-state index contributed by atoms with van der Waals surface area (Å²) >= 11 is 0. The first-order valence-electron chi connectivity index (χ1n) is 32.5. The van der Waals surface area contributed by atoms with Crippen molar-refractivity contribution >= 4 is 17.9 Å². The highest BCUT2D eigenvalue weighted by atomic mass is 16.6. The van der Waals surface area contributed by atoms with Crippen molar-refractivity contribution in [2.24, 2.45) is 0 Å². The van der Waals surface area contributed by atoms with Gasteiger partial charge < -0.3 is 14.2 Å². The van der Waals surface area contributed by atoms with E-state index in [2.05, 4.69) is 20.8 Å². The van der Waals surface area contributed by atoms with Crippen LogP contribution >= 0.6 is 0 Å². The second-order valence-electron chi connectivity index (χ2n) is 22.4. The second kappa shape index (κ2) is 61.0. The zero-order valence-corrected chi connectivity index (χ0v) is 48.5. The van der Waals surface area contributed by atoms with Crippen LogP contribution in [0.1, 0.15) is 380 Å². The van der Waals surface area contributed by atoms with Crippen molar-refractivity contribution in [2.45, 2.75) is 386 Å². The average Bonchev–Trinajstić information content (AvgIpc) is 3.37. The highest BCUT2D eigenvalue weighted by Crippen LogP contribution is 2.19. The van der Waals surface area contributed by atoms with E-state index < -0.39 is 6.10 Å². The van der Waals surface area contributed by atoms with E-state index in [-0.39, 0.29) is 31.1 Å². The van der Waals surface area contributed by atoms with Gasteiger partial charge in [0.1, 0.15) is 13.2 Å². The summed E-state index contributed by atoms with van der Waals surface area (Å²) in [5.41, 5.74) is 0. The molecule has 0 radical (unpaired) electrons. The van der Waals surface area contributed by atoms with Crippen LogP contribution in [-0.2, 0) is 28.6 Å². The predicted octanol–water partition coefficient (Wildman–Crippen LogP) is 21.9. The summed E-state index contributed by atoms with van der Waals surface area (Å²) in [4.78, 5) is 37.9. The maximum absolute atomic E-state index is 12.8. The fourth-order valence-electron chi connectivity index (χ4n) is 10.2. The Labute approximate surface area is 444 Å². The van der Waals surface area contributed by atoms with Gasteiger partial charge in [-0.15, -0.1) is 0 Å². The Balaban J connectivity index is 3.87. The minimum absolute atomic E-state index is 0.0620. The molecule has 71 heavy (non-hydrogen) atoms. The van der Waals surface area contributed by atoms with E-state index >= 15 is 0 Å². The van der Waals surface area contributed by atoms with E-state index in [4.69, 9.17) is 14.2 Å². The minimum atomic E-state index is -0.760. The molecule has 0 aliphatic rings. The number of unbranched alkanes of at least 4 members (excludes halogenated alkanes) is 50. The van der Waals surface area contributed by atoms with Gasteiger partial charge in [0, 0.05) is 19.3 Å². The van der Waals surface area contributed by atoms with E-state index in [0.29, 0.717) is 19.3 Å². The molecule has 0 aromatic carbocycles. The Morgan fingerprint density at radius 3 is 0.563 bits per heavy atom. The van der Waals surface area contributed by atoms with Crippen molar-refractivity contribution in [3.05, 3.63) is 0 Å². The lowest BCUT2D eigenvalue weighted by Gasteiger charge is -2.18. The second-order valence-corrected chi connectivity index (χ2v) is 22.4. The molecular weight excluding hydrogens is 877 g/mol. The van der Waals surface area contributed by atoms with Gasteiger partial charge in [0.2, 0.25) is 0 Å². The first-order chi connectivity index (χ1) is 35.0. The van der Waals surface area contributed by atoms with Gasteiger partial charge in [-0.25, -0.2) is 0 Å². The van der Waals surface area contributed by atoms with Gasteiger partial charge in [-0.3, -0.25) is 14.4 Å². The Morgan fingerprint density at radius 2 is 0.380 bits per heavy atom. The molecular formula is C65H126O6. The van der Waals surface area contributed by atoms with E-state index in [1.807, 2.05) is 0 Å². The van der Waals surface area contributed by atoms with Crippen molar-refractivity contribution in [3.8, 4) is 0 Å². The van der Waals surface area contributed by atoms with Crippen LogP contribution in [-0.4, -0.2) is 37.2 Å². The third-order valence-corrected chi connectivity index (χ3v) is 15.1. The van der Waals surface area contributed by atoms with Gasteiger partial charge in [0.05, 0.1) is 0 Å². The fraction of sp³-hybridized carbons (Fsp3) is 0.954. The van der Waals surface area contributed by atoms with Gasteiger partial charge in [0.25, 0.3) is 0 Å². The molecule has 0 amide bonds. The maximum atomic E-state index is 12.8. The van der Waals surface area contributed by atoms with Crippen LogP contribution in [0.5, 0.6) is 0 Å². The molecule has 0 bridgehead atoms. The van der Waals surface area contributed by atoms with Crippen molar-refractivity contribution < 1.29 is 28.6 Å². The molecule has 0 aliphatic heterocycles. The Morgan fingerprint density at radius 1 is 0.225 bits per heavy atom. The molecule has 0 spiro atoms. The lowest BCUT2D eigenvalue weighted by molar-refractivity contribution is -0.167. The number of carbonyl (C=O) groups excluding carboxylic acids is 3.